The molecule has 0 aliphatic rings. The molecular weight excluding hydrogens is 112 g/mol. The van der Waals surface area contributed by atoms with E-state index in [-0.39, 0.29) is 11.1 Å². The molecule has 1 heteroatoms. The Kier molecular flexibility index (Phi) is 0.468. The van der Waals surface area contributed by atoms with Crippen LogP contribution < -0.4 is 0 Å². The minimum atomic E-state index is -2.51. The van der Waals surface area contributed by atoms with Gasteiger partial charge in [-0.1, -0.05) is 18.2 Å². The van der Waals surface area contributed by atoms with Gasteiger partial charge in [-0.2, -0.15) is 0 Å². The predicted molar refractivity (Wildman–Crippen MR) is 37.6 cm³/mol. The first-order valence-electron chi connectivity index (χ1n) is 5.47. The molecule has 0 saturated heterocycles. The summed E-state index contributed by atoms with van der Waals surface area (Å²) in [6.45, 7) is -5.02. The van der Waals surface area contributed by atoms with Crippen LogP contribution in [0.2, 0.25) is 0 Å². The molecule has 0 heterocycles. The lowest BCUT2D eigenvalue weighted by atomic mass is 10.1. The number of hydrogen-bond acceptors (Lipinski definition) is 1. The molecule has 0 aromatic heterocycles. The van der Waals surface area contributed by atoms with Crippen LogP contribution in [0.1, 0.15) is 19.4 Å². The summed E-state index contributed by atoms with van der Waals surface area (Å²) >= 11 is 0. The van der Waals surface area contributed by atoms with Crippen molar-refractivity contribution in [3.05, 3.63) is 29.3 Å². The number of para-hydroxylation sites is 1. The highest BCUT2D eigenvalue weighted by atomic mass is 16.3. The first-order chi connectivity index (χ1) is 6.64. The first-order valence-corrected chi connectivity index (χ1v) is 2.47. The van der Waals surface area contributed by atoms with Crippen molar-refractivity contribution in [3.63, 3.8) is 0 Å². The van der Waals surface area contributed by atoms with Gasteiger partial charge in [-0.25, -0.2) is 0 Å². The van der Waals surface area contributed by atoms with Gasteiger partial charge >= 0.3 is 0 Å². The van der Waals surface area contributed by atoms with Gasteiger partial charge in [0.1, 0.15) is 5.75 Å². The Morgan fingerprint density at radius 3 is 2.33 bits per heavy atom. The molecule has 0 aliphatic carbocycles. The Morgan fingerprint density at radius 1 is 1.33 bits per heavy atom. The molecular formula is C8H10O. The Hall–Kier alpha value is -0.980. The molecule has 1 rings (SSSR count). The molecule has 0 spiro atoms. The van der Waals surface area contributed by atoms with E-state index in [1.807, 2.05) is 0 Å². The molecule has 0 fully saturated rings. The van der Waals surface area contributed by atoms with E-state index in [0.717, 1.165) is 0 Å². The third kappa shape index (κ3) is 1.04. The second-order valence-corrected chi connectivity index (χ2v) is 1.70. The van der Waals surface area contributed by atoms with Gasteiger partial charge < -0.3 is 5.11 Å². The summed E-state index contributed by atoms with van der Waals surface area (Å²) < 4.78 is 42.6. The topological polar surface area (TPSA) is 20.2 Å². The lowest BCUT2D eigenvalue weighted by molar-refractivity contribution is 0.467. The van der Waals surface area contributed by atoms with E-state index in [9.17, 15) is 5.11 Å². The van der Waals surface area contributed by atoms with E-state index >= 15 is 0 Å². The maximum absolute atomic E-state index is 9.54. The summed E-state index contributed by atoms with van der Waals surface area (Å²) in [6, 6.07) is 3.69. The largest absolute Gasteiger partial charge is 0.507 e. The minimum Gasteiger partial charge on any atom is -0.507 e. The number of phenols is 1. The van der Waals surface area contributed by atoms with Crippen LogP contribution in [0.4, 0.5) is 0 Å². The summed E-state index contributed by atoms with van der Waals surface area (Å²) in [5, 5.41) is 9.54. The van der Waals surface area contributed by atoms with Gasteiger partial charge in [0.2, 0.25) is 0 Å². The molecule has 0 aliphatic heterocycles. The summed E-state index contributed by atoms with van der Waals surface area (Å²) in [4.78, 5) is 0. The summed E-state index contributed by atoms with van der Waals surface area (Å²) in [5.74, 6) is -0.669. The third-order valence-electron chi connectivity index (χ3n) is 1.04. The van der Waals surface area contributed by atoms with Crippen LogP contribution in [0.15, 0.2) is 18.2 Å². The molecule has 1 N–H and O–H groups in total. The number of aryl methyl sites for hydroxylation is 2. The van der Waals surface area contributed by atoms with Crippen molar-refractivity contribution in [1.29, 1.82) is 0 Å². The average molecular weight is 128 g/mol. The Bertz CT molecular complexity index is 332. The summed E-state index contributed by atoms with van der Waals surface area (Å²) in [6.07, 6.45) is 0. The normalized spacial score (nSPS) is 22.2. The van der Waals surface area contributed by atoms with E-state index in [1.165, 1.54) is 18.2 Å². The van der Waals surface area contributed by atoms with Crippen LogP contribution in [0, 0.1) is 13.7 Å². The minimum absolute atomic E-state index is 0.337. The van der Waals surface area contributed by atoms with Gasteiger partial charge in [0.15, 0.2) is 0 Å². The van der Waals surface area contributed by atoms with Gasteiger partial charge in [-0.05, 0) is 24.8 Å². The first kappa shape index (κ1) is 2.01. The van der Waals surface area contributed by atoms with E-state index in [1.54, 1.807) is 0 Å². The van der Waals surface area contributed by atoms with Crippen LogP contribution in [-0.2, 0) is 0 Å². The Morgan fingerprint density at radius 2 is 1.89 bits per heavy atom. The van der Waals surface area contributed by atoms with Crippen molar-refractivity contribution in [3.8, 4) is 5.75 Å². The fraction of sp³-hybridized carbons (Fsp3) is 0.250. The maximum Gasteiger partial charge on any atom is 0.121 e. The number of hydrogen-bond donors (Lipinski definition) is 1. The predicted octanol–water partition coefficient (Wildman–Crippen LogP) is 2.01. The molecule has 1 aromatic carbocycles. The van der Waals surface area contributed by atoms with Crippen LogP contribution in [-0.4, -0.2) is 5.11 Å². The van der Waals surface area contributed by atoms with Crippen LogP contribution >= 0.6 is 0 Å². The van der Waals surface area contributed by atoms with E-state index in [0.29, 0.717) is 0 Å². The molecule has 9 heavy (non-hydrogen) atoms. The Balaban J connectivity index is 3.37. The highest BCUT2D eigenvalue weighted by molar-refractivity contribution is 5.37. The number of aromatic hydroxyl groups is 1. The van der Waals surface area contributed by atoms with Crippen LogP contribution in [0.5, 0.6) is 5.75 Å². The molecule has 0 radical (unpaired) electrons. The molecule has 0 atom stereocenters. The highest BCUT2D eigenvalue weighted by Crippen LogP contribution is 2.19. The fourth-order valence-corrected chi connectivity index (χ4v) is 0.544. The van der Waals surface area contributed by atoms with Crippen LogP contribution in [0.25, 0.3) is 0 Å². The number of benzene rings is 1. The quantitative estimate of drug-likeness (QED) is 0.566. The standard InChI is InChI=1S/C8H10O/c1-6-4-3-5-7(2)8(6)9/h3-5,9H,1-2H3/i1D3,2D3. The molecule has 0 amide bonds. The highest BCUT2D eigenvalue weighted by Gasteiger charge is 1.95. The van der Waals surface area contributed by atoms with E-state index in [4.69, 9.17) is 8.22 Å². The maximum atomic E-state index is 9.54. The molecule has 0 bridgehead atoms. The lowest BCUT2D eigenvalue weighted by Gasteiger charge is -1.99. The van der Waals surface area contributed by atoms with Crippen molar-refractivity contribution in [2.24, 2.45) is 0 Å². The van der Waals surface area contributed by atoms with Crippen LogP contribution in [0.3, 0.4) is 0 Å². The zero-order valence-electron chi connectivity index (χ0n) is 10.7. The van der Waals surface area contributed by atoms with Crippen molar-refractivity contribution in [2.45, 2.75) is 13.7 Å². The number of rotatable bonds is 0. The fourth-order valence-electron chi connectivity index (χ4n) is 0.544. The van der Waals surface area contributed by atoms with Crippen molar-refractivity contribution in [1.82, 2.24) is 0 Å². The zero-order valence-corrected chi connectivity index (χ0v) is 4.68. The molecule has 48 valence electrons. The van der Waals surface area contributed by atoms with E-state index in [2.05, 4.69) is 0 Å². The Labute approximate surface area is 63.4 Å². The lowest BCUT2D eigenvalue weighted by Crippen LogP contribution is -1.76. The third-order valence-corrected chi connectivity index (χ3v) is 1.04. The van der Waals surface area contributed by atoms with E-state index < -0.39 is 19.5 Å². The summed E-state index contributed by atoms with van der Waals surface area (Å²) in [5.41, 5.74) is -0.674. The second kappa shape index (κ2) is 2.09. The molecule has 1 aromatic rings. The van der Waals surface area contributed by atoms with Gasteiger partial charge in [0.05, 0.1) is 0 Å². The number of phenolic OH excluding ortho intramolecular Hbond substituents is 1. The second-order valence-electron chi connectivity index (χ2n) is 1.70. The SMILES string of the molecule is [2H]C([2H])([2H])c1cccc(C([2H])([2H])[2H])c1O. The van der Waals surface area contributed by atoms with Gasteiger partial charge in [-0.15, -0.1) is 0 Å². The smallest absolute Gasteiger partial charge is 0.121 e. The van der Waals surface area contributed by atoms with Gasteiger partial charge in [0.25, 0.3) is 0 Å². The van der Waals surface area contributed by atoms with Crippen molar-refractivity contribution >= 4 is 0 Å². The van der Waals surface area contributed by atoms with Gasteiger partial charge in [0, 0.05) is 8.22 Å². The molecule has 0 saturated carbocycles. The molecule has 0 unspecified atom stereocenters. The monoisotopic (exact) mass is 128 g/mol. The summed E-state index contributed by atoms with van der Waals surface area (Å²) in [7, 11) is 0. The zero-order chi connectivity index (χ0) is 11.9. The van der Waals surface area contributed by atoms with Crippen molar-refractivity contribution in [2.75, 3.05) is 0 Å². The average Bonchev–Trinajstić information content (AvgIpc) is 1.99. The van der Waals surface area contributed by atoms with Crippen molar-refractivity contribution < 1.29 is 13.3 Å². The van der Waals surface area contributed by atoms with Gasteiger partial charge in [-0.3, -0.25) is 0 Å². The molecule has 1 nitrogen and oxygen atoms in total.